The Morgan fingerprint density at radius 2 is 1.76 bits per heavy atom. The normalized spacial score (nSPS) is 38.0. The summed E-state index contributed by atoms with van der Waals surface area (Å²) in [6.07, 6.45) is 13.4. The van der Waals surface area contributed by atoms with Crippen molar-refractivity contribution in [2.45, 2.75) is 94.9 Å². The number of hydrogen-bond acceptors (Lipinski definition) is 3. The van der Waals surface area contributed by atoms with Gasteiger partial charge in [-0.3, -0.25) is 9.79 Å². The van der Waals surface area contributed by atoms with Crippen LogP contribution in [-0.2, 0) is 9.53 Å². The molecule has 3 N–H and O–H groups in total. The zero-order valence-corrected chi connectivity index (χ0v) is 20.0. The Hall–Kier alpha value is -0.570. The summed E-state index contributed by atoms with van der Waals surface area (Å²) in [6.45, 7) is 0.918. The van der Waals surface area contributed by atoms with E-state index >= 15 is 0 Å². The van der Waals surface area contributed by atoms with Gasteiger partial charge >= 0.3 is 0 Å². The first-order valence-corrected chi connectivity index (χ1v) is 11.6. The van der Waals surface area contributed by atoms with E-state index in [1.165, 1.54) is 32.1 Å². The van der Waals surface area contributed by atoms with Crippen molar-refractivity contribution in [3.8, 4) is 0 Å². The van der Waals surface area contributed by atoms with E-state index in [1.54, 1.807) is 0 Å². The fraction of sp³-hybridized carbons (Fsp3) is 0.909. The fourth-order valence-corrected chi connectivity index (χ4v) is 6.52. The van der Waals surface area contributed by atoms with Crippen LogP contribution in [0.25, 0.3) is 0 Å². The highest BCUT2D eigenvalue weighted by Gasteiger charge is 2.65. The van der Waals surface area contributed by atoms with Crippen molar-refractivity contribution < 1.29 is 9.53 Å². The molecule has 5 rings (SSSR count). The van der Waals surface area contributed by atoms with Crippen molar-refractivity contribution in [3.63, 3.8) is 0 Å². The summed E-state index contributed by atoms with van der Waals surface area (Å²) in [4.78, 5) is 17.0. The number of amides is 1. The van der Waals surface area contributed by atoms with E-state index in [4.69, 9.17) is 4.74 Å². The lowest BCUT2D eigenvalue weighted by Crippen LogP contribution is -2.69. The molecule has 1 aliphatic heterocycles. The minimum atomic E-state index is 0. The van der Waals surface area contributed by atoms with Crippen LogP contribution in [0.4, 0.5) is 0 Å². The summed E-state index contributed by atoms with van der Waals surface area (Å²) in [6, 6.07) is 1.29. The maximum absolute atomic E-state index is 12.5. The molecule has 1 saturated heterocycles. The van der Waals surface area contributed by atoms with Gasteiger partial charge in [-0.15, -0.1) is 24.0 Å². The highest BCUT2D eigenvalue weighted by Crippen LogP contribution is 2.60. The molecule has 0 bridgehead atoms. The van der Waals surface area contributed by atoms with Crippen LogP contribution in [0.2, 0.25) is 0 Å². The molecule has 1 amide bonds. The minimum Gasteiger partial charge on any atom is -0.377 e. The summed E-state index contributed by atoms with van der Waals surface area (Å²) in [5, 5.41) is 10.7. The quantitative estimate of drug-likeness (QED) is 0.305. The van der Waals surface area contributed by atoms with Gasteiger partial charge in [-0.2, -0.15) is 0 Å². The van der Waals surface area contributed by atoms with Crippen LogP contribution >= 0.6 is 24.0 Å². The Balaban J connectivity index is 0.00000205. The second kappa shape index (κ2) is 8.89. The lowest BCUT2D eigenvalue weighted by atomic mass is 9.54. The Bertz CT molecular complexity index is 632. The number of rotatable bonds is 4. The summed E-state index contributed by atoms with van der Waals surface area (Å²) in [5.41, 5.74) is 0.331. The molecule has 6 nitrogen and oxygen atoms in total. The van der Waals surface area contributed by atoms with Crippen molar-refractivity contribution in [2.75, 3.05) is 13.7 Å². The molecular formula is C22H37IN4O2. The summed E-state index contributed by atoms with van der Waals surface area (Å²) in [7, 11) is 1.87. The van der Waals surface area contributed by atoms with Crippen molar-refractivity contribution in [1.82, 2.24) is 16.0 Å². The molecule has 7 heteroatoms. The number of fused-ring (bicyclic) bond motifs is 2. The molecule has 0 aromatic heterocycles. The van der Waals surface area contributed by atoms with Crippen LogP contribution in [0.5, 0.6) is 0 Å². The van der Waals surface area contributed by atoms with Gasteiger partial charge in [0.05, 0.1) is 6.10 Å². The Morgan fingerprint density at radius 3 is 2.48 bits per heavy atom. The van der Waals surface area contributed by atoms with E-state index < -0.39 is 0 Å². The molecule has 1 spiro atoms. The predicted molar refractivity (Wildman–Crippen MR) is 124 cm³/mol. The molecular weight excluding hydrogens is 479 g/mol. The van der Waals surface area contributed by atoms with Gasteiger partial charge in [0.1, 0.15) is 0 Å². The second-order valence-electron chi connectivity index (χ2n) is 9.87. The number of aliphatic imine (C=N–C) groups is 1. The average Bonchev–Trinajstić information content (AvgIpc) is 3.20. The monoisotopic (exact) mass is 516 g/mol. The molecule has 5 unspecified atom stereocenters. The molecule has 5 aliphatic rings. The molecule has 29 heavy (non-hydrogen) atoms. The summed E-state index contributed by atoms with van der Waals surface area (Å²) >= 11 is 0. The number of guanidine groups is 1. The molecule has 0 aromatic carbocycles. The van der Waals surface area contributed by atoms with Gasteiger partial charge in [-0.25, -0.2) is 0 Å². The van der Waals surface area contributed by atoms with E-state index in [2.05, 4.69) is 20.9 Å². The average molecular weight is 516 g/mol. The zero-order chi connectivity index (χ0) is 19.1. The summed E-state index contributed by atoms with van der Waals surface area (Å²) < 4.78 is 6.12. The molecule has 1 heterocycles. The first kappa shape index (κ1) is 21.7. The van der Waals surface area contributed by atoms with E-state index in [9.17, 15) is 4.79 Å². The Labute approximate surface area is 191 Å². The molecule has 164 valence electrons. The van der Waals surface area contributed by atoms with E-state index in [0.717, 1.165) is 51.1 Å². The first-order valence-electron chi connectivity index (χ1n) is 11.6. The van der Waals surface area contributed by atoms with Gasteiger partial charge in [0.2, 0.25) is 5.91 Å². The van der Waals surface area contributed by atoms with Gasteiger partial charge in [0.15, 0.2) is 5.96 Å². The number of carbonyl (C=O) groups excluding carboxylic acids is 1. The number of halogens is 1. The van der Waals surface area contributed by atoms with E-state index in [0.29, 0.717) is 35.6 Å². The van der Waals surface area contributed by atoms with Gasteiger partial charge in [0, 0.05) is 49.0 Å². The SMILES string of the molecule is CN=C(NC1CCCC(C(=O)NC2CC2)C1)NC1C2CCOC2C12CCCC2.I. The topological polar surface area (TPSA) is 74.8 Å². The van der Waals surface area contributed by atoms with Crippen molar-refractivity contribution >= 4 is 35.8 Å². The van der Waals surface area contributed by atoms with Gasteiger partial charge in [-0.05, 0) is 51.4 Å². The smallest absolute Gasteiger partial charge is 0.223 e. The number of hydrogen-bond donors (Lipinski definition) is 3. The highest BCUT2D eigenvalue weighted by atomic mass is 127. The standard InChI is InChI=1S/C22H36N4O2.HI/c1-23-21(25-16-6-4-5-14(13-16)20(27)24-15-7-8-15)26-18-17-9-12-28-19(17)22(18)10-2-3-11-22;/h14-19H,2-13H2,1H3,(H,24,27)(H2,23,25,26);1H. The third-order valence-electron chi connectivity index (χ3n) is 8.11. The number of nitrogens with one attached hydrogen (secondary N) is 3. The molecule has 5 atom stereocenters. The van der Waals surface area contributed by atoms with E-state index in [1.807, 2.05) is 7.05 Å². The number of ether oxygens (including phenoxy) is 1. The Morgan fingerprint density at radius 1 is 0.966 bits per heavy atom. The highest BCUT2D eigenvalue weighted by molar-refractivity contribution is 14.0. The third-order valence-corrected chi connectivity index (χ3v) is 8.11. The van der Waals surface area contributed by atoms with Gasteiger partial charge < -0.3 is 20.7 Å². The molecule has 4 saturated carbocycles. The maximum atomic E-state index is 12.5. The summed E-state index contributed by atoms with van der Waals surface area (Å²) in [5.74, 6) is 1.99. The van der Waals surface area contributed by atoms with Crippen LogP contribution in [0.3, 0.4) is 0 Å². The van der Waals surface area contributed by atoms with Gasteiger partial charge in [0.25, 0.3) is 0 Å². The van der Waals surface area contributed by atoms with Crippen molar-refractivity contribution in [2.24, 2.45) is 22.2 Å². The number of carbonyl (C=O) groups is 1. The first-order chi connectivity index (χ1) is 13.7. The fourth-order valence-electron chi connectivity index (χ4n) is 6.52. The molecule has 0 aromatic rings. The van der Waals surface area contributed by atoms with E-state index in [-0.39, 0.29) is 35.8 Å². The van der Waals surface area contributed by atoms with Gasteiger partial charge in [-0.1, -0.05) is 19.3 Å². The third kappa shape index (κ3) is 4.14. The van der Waals surface area contributed by atoms with Crippen LogP contribution in [0.1, 0.15) is 70.6 Å². The number of nitrogens with zero attached hydrogens (tertiary/aromatic N) is 1. The predicted octanol–water partition coefficient (Wildman–Crippen LogP) is 2.95. The lowest BCUT2D eigenvalue weighted by molar-refractivity contribution is -0.126. The largest absolute Gasteiger partial charge is 0.377 e. The molecule has 0 radical (unpaired) electrons. The minimum absolute atomic E-state index is 0. The van der Waals surface area contributed by atoms with Crippen molar-refractivity contribution in [3.05, 3.63) is 0 Å². The maximum Gasteiger partial charge on any atom is 0.223 e. The Kier molecular flexibility index (Phi) is 6.64. The second-order valence-corrected chi connectivity index (χ2v) is 9.87. The van der Waals surface area contributed by atoms with Crippen LogP contribution < -0.4 is 16.0 Å². The van der Waals surface area contributed by atoms with Crippen LogP contribution in [0.15, 0.2) is 4.99 Å². The molecule has 5 fully saturated rings. The molecule has 4 aliphatic carbocycles. The van der Waals surface area contributed by atoms with Crippen LogP contribution in [-0.4, -0.2) is 49.8 Å². The van der Waals surface area contributed by atoms with Crippen molar-refractivity contribution in [1.29, 1.82) is 0 Å². The zero-order valence-electron chi connectivity index (χ0n) is 17.6. The lowest BCUT2D eigenvalue weighted by Gasteiger charge is -2.57. The van der Waals surface area contributed by atoms with Crippen LogP contribution in [0, 0.1) is 17.3 Å².